The van der Waals surface area contributed by atoms with Gasteiger partial charge in [-0.2, -0.15) is 0 Å². The standard InChI is InChI=1S/C18H16O/c19-18-11-4-2-7-16(18)13-12-15-9-5-8-14-6-1-3-10-17(14)15/h1-11,19H,12-13H2. The van der Waals surface area contributed by atoms with Crippen LogP contribution in [-0.4, -0.2) is 5.11 Å². The van der Waals surface area contributed by atoms with Crippen molar-refractivity contribution in [2.24, 2.45) is 0 Å². The van der Waals surface area contributed by atoms with Gasteiger partial charge in [0.25, 0.3) is 0 Å². The maximum Gasteiger partial charge on any atom is 0.118 e. The smallest absolute Gasteiger partial charge is 0.118 e. The molecule has 3 rings (SSSR count). The minimum Gasteiger partial charge on any atom is -0.508 e. The molecule has 0 fully saturated rings. The molecule has 0 spiro atoms. The Labute approximate surface area is 113 Å². The zero-order valence-electron chi connectivity index (χ0n) is 10.7. The molecule has 0 aromatic heterocycles. The molecule has 1 heteroatoms. The van der Waals surface area contributed by atoms with E-state index in [4.69, 9.17) is 0 Å². The Bertz CT molecular complexity index is 695. The summed E-state index contributed by atoms with van der Waals surface area (Å²) in [6.45, 7) is 0. The highest BCUT2D eigenvalue weighted by molar-refractivity contribution is 5.85. The number of rotatable bonds is 3. The van der Waals surface area contributed by atoms with Gasteiger partial charge in [0.05, 0.1) is 0 Å². The average molecular weight is 248 g/mol. The molecule has 0 aliphatic carbocycles. The quantitative estimate of drug-likeness (QED) is 0.731. The number of aryl methyl sites for hydroxylation is 2. The van der Waals surface area contributed by atoms with E-state index in [0.717, 1.165) is 18.4 Å². The summed E-state index contributed by atoms with van der Waals surface area (Å²) < 4.78 is 0. The Morgan fingerprint density at radius 3 is 2.16 bits per heavy atom. The second-order valence-electron chi connectivity index (χ2n) is 4.77. The van der Waals surface area contributed by atoms with Crippen molar-refractivity contribution in [3.8, 4) is 5.75 Å². The third kappa shape index (κ3) is 2.45. The van der Waals surface area contributed by atoms with Gasteiger partial charge in [0.2, 0.25) is 0 Å². The first-order chi connectivity index (χ1) is 9.34. The van der Waals surface area contributed by atoms with Gasteiger partial charge in [-0.3, -0.25) is 0 Å². The summed E-state index contributed by atoms with van der Waals surface area (Å²) in [6, 6.07) is 22.4. The van der Waals surface area contributed by atoms with E-state index < -0.39 is 0 Å². The molecule has 1 N–H and O–H groups in total. The molecular weight excluding hydrogens is 232 g/mol. The van der Waals surface area contributed by atoms with E-state index >= 15 is 0 Å². The SMILES string of the molecule is Oc1ccccc1CCc1cccc2ccccc12. The van der Waals surface area contributed by atoms with Crippen molar-refractivity contribution >= 4 is 10.8 Å². The number of hydrogen-bond donors (Lipinski definition) is 1. The van der Waals surface area contributed by atoms with Crippen molar-refractivity contribution in [3.63, 3.8) is 0 Å². The number of phenolic OH excluding ortho intramolecular Hbond substituents is 1. The summed E-state index contributed by atoms with van der Waals surface area (Å²) in [5, 5.41) is 12.4. The zero-order valence-corrected chi connectivity index (χ0v) is 10.7. The first kappa shape index (κ1) is 11.8. The number of fused-ring (bicyclic) bond motifs is 1. The number of hydrogen-bond acceptors (Lipinski definition) is 1. The van der Waals surface area contributed by atoms with Crippen LogP contribution in [0.5, 0.6) is 5.75 Å². The predicted molar refractivity (Wildman–Crippen MR) is 79.5 cm³/mol. The van der Waals surface area contributed by atoms with Gasteiger partial charge in [0, 0.05) is 0 Å². The summed E-state index contributed by atoms with van der Waals surface area (Å²) in [5.41, 5.74) is 2.34. The van der Waals surface area contributed by atoms with E-state index in [1.807, 2.05) is 18.2 Å². The molecular formula is C18H16O. The molecule has 1 nitrogen and oxygen atoms in total. The molecule has 0 saturated carbocycles. The van der Waals surface area contributed by atoms with Crippen LogP contribution >= 0.6 is 0 Å². The van der Waals surface area contributed by atoms with E-state index in [1.54, 1.807) is 6.07 Å². The van der Waals surface area contributed by atoms with Crippen LogP contribution < -0.4 is 0 Å². The number of phenols is 1. The summed E-state index contributed by atoms with van der Waals surface area (Å²) in [6.07, 6.45) is 1.81. The lowest BCUT2D eigenvalue weighted by atomic mass is 9.98. The first-order valence-electron chi connectivity index (χ1n) is 6.58. The van der Waals surface area contributed by atoms with Crippen LogP contribution in [0.25, 0.3) is 10.8 Å². The Morgan fingerprint density at radius 2 is 1.26 bits per heavy atom. The van der Waals surface area contributed by atoms with Crippen molar-refractivity contribution in [1.29, 1.82) is 0 Å². The Kier molecular flexibility index (Phi) is 3.20. The van der Waals surface area contributed by atoms with Gasteiger partial charge in [-0.1, -0.05) is 60.7 Å². The molecule has 3 aromatic carbocycles. The lowest BCUT2D eigenvalue weighted by Crippen LogP contribution is -1.93. The molecule has 0 amide bonds. The molecule has 3 aromatic rings. The molecule has 0 saturated heterocycles. The van der Waals surface area contributed by atoms with E-state index in [0.29, 0.717) is 5.75 Å². The maximum absolute atomic E-state index is 9.80. The average Bonchev–Trinajstić information content (AvgIpc) is 2.46. The lowest BCUT2D eigenvalue weighted by molar-refractivity contribution is 0.468. The van der Waals surface area contributed by atoms with Crippen molar-refractivity contribution in [1.82, 2.24) is 0 Å². The van der Waals surface area contributed by atoms with Gasteiger partial charge in [-0.25, -0.2) is 0 Å². The highest BCUT2D eigenvalue weighted by Crippen LogP contribution is 2.22. The maximum atomic E-state index is 9.80. The highest BCUT2D eigenvalue weighted by atomic mass is 16.3. The molecule has 19 heavy (non-hydrogen) atoms. The normalized spacial score (nSPS) is 10.7. The molecule has 0 bridgehead atoms. The van der Waals surface area contributed by atoms with Gasteiger partial charge < -0.3 is 5.11 Å². The minimum absolute atomic E-state index is 0.391. The van der Waals surface area contributed by atoms with Crippen molar-refractivity contribution in [3.05, 3.63) is 77.9 Å². The topological polar surface area (TPSA) is 20.2 Å². The van der Waals surface area contributed by atoms with E-state index in [2.05, 4.69) is 42.5 Å². The monoisotopic (exact) mass is 248 g/mol. The Morgan fingerprint density at radius 1 is 0.632 bits per heavy atom. The van der Waals surface area contributed by atoms with Crippen molar-refractivity contribution in [2.45, 2.75) is 12.8 Å². The van der Waals surface area contributed by atoms with Gasteiger partial charge in [-0.15, -0.1) is 0 Å². The van der Waals surface area contributed by atoms with Crippen LogP contribution in [0.1, 0.15) is 11.1 Å². The van der Waals surface area contributed by atoms with Crippen molar-refractivity contribution in [2.75, 3.05) is 0 Å². The number of aromatic hydroxyl groups is 1. The fraction of sp³-hybridized carbons (Fsp3) is 0.111. The van der Waals surface area contributed by atoms with Gasteiger partial charge in [0.1, 0.15) is 5.75 Å². The summed E-state index contributed by atoms with van der Waals surface area (Å²) in [7, 11) is 0. The van der Waals surface area contributed by atoms with Crippen LogP contribution in [0.4, 0.5) is 0 Å². The number of para-hydroxylation sites is 1. The minimum atomic E-state index is 0.391. The molecule has 94 valence electrons. The Hall–Kier alpha value is -2.28. The largest absolute Gasteiger partial charge is 0.508 e. The number of benzene rings is 3. The van der Waals surface area contributed by atoms with Crippen LogP contribution in [0.3, 0.4) is 0 Å². The summed E-state index contributed by atoms with van der Waals surface area (Å²) >= 11 is 0. The third-order valence-corrected chi connectivity index (χ3v) is 3.54. The summed E-state index contributed by atoms with van der Waals surface area (Å²) in [4.78, 5) is 0. The molecule has 0 aliphatic heterocycles. The van der Waals surface area contributed by atoms with Gasteiger partial charge in [-0.05, 0) is 40.8 Å². The van der Waals surface area contributed by atoms with Crippen LogP contribution in [-0.2, 0) is 12.8 Å². The highest BCUT2D eigenvalue weighted by Gasteiger charge is 2.03. The van der Waals surface area contributed by atoms with Gasteiger partial charge >= 0.3 is 0 Å². The van der Waals surface area contributed by atoms with Crippen LogP contribution in [0, 0.1) is 0 Å². The summed E-state index contributed by atoms with van der Waals surface area (Å²) in [5.74, 6) is 0.391. The lowest BCUT2D eigenvalue weighted by Gasteiger charge is -2.07. The molecule has 0 atom stereocenters. The first-order valence-corrected chi connectivity index (χ1v) is 6.58. The zero-order chi connectivity index (χ0) is 13.1. The van der Waals surface area contributed by atoms with E-state index in [1.165, 1.54) is 16.3 Å². The third-order valence-electron chi connectivity index (χ3n) is 3.54. The van der Waals surface area contributed by atoms with Crippen LogP contribution in [0.2, 0.25) is 0 Å². The van der Waals surface area contributed by atoms with E-state index in [9.17, 15) is 5.11 Å². The van der Waals surface area contributed by atoms with Gasteiger partial charge in [0.15, 0.2) is 0 Å². The van der Waals surface area contributed by atoms with Crippen LogP contribution in [0.15, 0.2) is 66.7 Å². The Balaban J connectivity index is 1.88. The van der Waals surface area contributed by atoms with E-state index in [-0.39, 0.29) is 0 Å². The molecule has 0 aliphatic rings. The molecule has 0 radical (unpaired) electrons. The second-order valence-corrected chi connectivity index (χ2v) is 4.77. The fourth-order valence-electron chi connectivity index (χ4n) is 2.50. The molecule has 0 heterocycles. The van der Waals surface area contributed by atoms with Crippen molar-refractivity contribution < 1.29 is 5.11 Å². The molecule has 0 unspecified atom stereocenters. The predicted octanol–water partition coefficient (Wildman–Crippen LogP) is 4.33. The second kappa shape index (κ2) is 5.15. The fourth-order valence-corrected chi connectivity index (χ4v) is 2.50.